The van der Waals surface area contributed by atoms with Gasteiger partial charge in [0.2, 0.25) is 0 Å². The molecule has 0 bridgehead atoms. The number of esters is 1. The molecule has 1 aromatic rings. The summed E-state index contributed by atoms with van der Waals surface area (Å²) in [5.41, 5.74) is 1.06. The highest BCUT2D eigenvalue weighted by molar-refractivity contribution is 7.92. The lowest BCUT2D eigenvalue weighted by atomic mass is 10.1. The van der Waals surface area contributed by atoms with Crippen molar-refractivity contribution in [2.24, 2.45) is 0 Å². The number of likely N-dealkylation sites (tertiary alicyclic amines) is 1. The third-order valence-corrected chi connectivity index (χ3v) is 6.76. The molecule has 1 heterocycles. The molecule has 0 spiro atoms. The highest BCUT2D eigenvalue weighted by Gasteiger charge is 2.31. The second kappa shape index (κ2) is 8.62. The predicted octanol–water partition coefficient (Wildman–Crippen LogP) is 2.58. The summed E-state index contributed by atoms with van der Waals surface area (Å²) in [5.74, 6) is -0.158. The molecule has 0 amide bonds. The quantitative estimate of drug-likeness (QED) is 0.705. The zero-order valence-corrected chi connectivity index (χ0v) is 15.3. The fourth-order valence-electron chi connectivity index (χ4n) is 3.04. The number of hydrogen-bond donors (Lipinski definition) is 0. The lowest BCUT2D eigenvalue weighted by molar-refractivity contribution is -0.143. The van der Waals surface area contributed by atoms with E-state index >= 15 is 0 Å². The zero-order chi connectivity index (χ0) is 17.6. The Bertz CT molecular complexity index is 631. The van der Waals surface area contributed by atoms with Crippen LogP contribution in [0.4, 0.5) is 0 Å². The second-order valence-electron chi connectivity index (χ2n) is 6.31. The monoisotopic (exact) mass is 353 g/mol. The van der Waals surface area contributed by atoms with Crippen LogP contribution in [0.2, 0.25) is 0 Å². The van der Waals surface area contributed by atoms with Crippen LogP contribution in [0.15, 0.2) is 29.2 Å². The van der Waals surface area contributed by atoms with Gasteiger partial charge in [-0.25, -0.2) is 8.42 Å². The summed E-state index contributed by atoms with van der Waals surface area (Å²) in [6.07, 6.45) is 2.48. The molecule has 134 valence electrons. The molecule has 1 aliphatic heterocycles. The fourth-order valence-corrected chi connectivity index (χ4v) is 4.78. The number of aryl methyl sites for hydroxylation is 1. The van der Waals surface area contributed by atoms with Gasteiger partial charge in [-0.15, -0.1) is 0 Å². The van der Waals surface area contributed by atoms with Gasteiger partial charge in [0, 0.05) is 6.42 Å². The smallest absolute Gasteiger partial charge is 0.305 e. The van der Waals surface area contributed by atoms with Crippen molar-refractivity contribution in [3.63, 3.8) is 0 Å². The molecule has 5 nitrogen and oxygen atoms in total. The van der Waals surface area contributed by atoms with E-state index in [0.29, 0.717) is 30.8 Å². The number of rotatable bonds is 7. The van der Waals surface area contributed by atoms with Gasteiger partial charge in [0.05, 0.1) is 16.8 Å². The van der Waals surface area contributed by atoms with Crippen LogP contribution >= 0.6 is 0 Å². The highest BCUT2D eigenvalue weighted by atomic mass is 32.2. The number of ether oxygens (including phenoxy) is 1. The van der Waals surface area contributed by atoms with E-state index in [9.17, 15) is 13.2 Å². The second-order valence-corrected chi connectivity index (χ2v) is 8.54. The van der Waals surface area contributed by atoms with E-state index in [1.807, 2.05) is 19.1 Å². The van der Waals surface area contributed by atoms with Gasteiger partial charge < -0.3 is 9.64 Å². The molecule has 24 heavy (non-hydrogen) atoms. The van der Waals surface area contributed by atoms with Crippen molar-refractivity contribution in [1.82, 2.24) is 4.90 Å². The molecular weight excluding hydrogens is 326 g/mol. The Kier molecular flexibility index (Phi) is 6.80. The van der Waals surface area contributed by atoms with Crippen molar-refractivity contribution in [1.29, 1.82) is 0 Å². The van der Waals surface area contributed by atoms with Crippen LogP contribution in [-0.2, 0) is 19.4 Å². The summed E-state index contributed by atoms with van der Waals surface area (Å²) in [5, 5.41) is -0.304. The maximum Gasteiger partial charge on any atom is 0.305 e. The van der Waals surface area contributed by atoms with Crippen LogP contribution in [0.3, 0.4) is 0 Å². The summed E-state index contributed by atoms with van der Waals surface area (Å²) < 4.78 is 30.3. The first-order valence-electron chi connectivity index (χ1n) is 8.62. The number of sulfone groups is 1. The van der Waals surface area contributed by atoms with Crippen molar-refractivity contribution in [2.75, 3.05) is 26.2 Å². The first-order valence-corrected chi connectivity index (χ1v) is 10.2. The Morgan fingerprint density at radius 2 is 1.83 bits per heavy atom. The van der Waals surface area contributed by atoms with Crippen LogP contribution in [0.1, 0.15) is 38.2 Å². The average molecular weight is 353 g/mol. The van der Waals surface area contributed by atoms with Gasteiger partial charge in [0.25, 0.3) is 0 Å². The normalized spacial score (nSPS) is 16.9. The SMILES string of the molecule is CCOC(=O)CCCN1CCC(S(=O)(=O)c2ccc(C)cc2)CC1. The number of benzene rings is 1. The molecule has 1 aliphatic rings. The van der Waals surface area contributed by atoms with Crippen LogP contribution in [0.5, 0.6) is 0 Å². The maximum atomic E-state index is 12.7. The van der Waals surface area contributed by atoms with Gasteiger partial charge in [-0.05, 0) is 64.9 Å². The number of nitrogens with zero attached hydrogens (tertiary/aromatic N) is 1. The lowest BCUT2D eigenvalue weighted by Gasteiger charge is -2.31. The molecule has 0 aromatic heterocycles. The molecule has 1 aromatic carbocycles. The Morgan fingerprint density at radius 3 is 2.42 bits per heavy atom. The fraction of sp³-hybridized carbons (Fsp3) is 0.611. The zero-order valence-electron chi connectivity index (χ0n) is 14.5. The minimum Gasteiger partial charge on any atom is -0.466 e. The first-order chi connectivity index (χ1) is 11.4. The first kappa shape index (κ1) is 18.9. The Hall–Kier alpha value is -1.40. The van der Waals surface area contributed by atoms with E-state index in [1.165, 1.54) is 0 Å². The van der Waals surface area contributed by atoms with Crippen molar-refractivity contribution >= 4 is 15.8 Å². The van der Waals surface area contributed by atoms with E-state index in [0.717, 1.165) is 31.6 Å². The maximum absolute atomic E-state index is 12.7. The predicted molar refractivity (Wildman–Crippen MR) is 93.7 cm³/mol. The molecule has 0 aliphatic carbocycles. The average Bonchev–Trinajstić information content (AvgIpc) is 2.56. The summed E-state index contributed by atoms with van der Waals surface area (Å²) in [6, 6.07) is 7.10. The molecule has 0 atom stereocenters. The van der Waals surface area contributed by atoms with Gasteiger partial charge in [-0.3, -0.25) is 4.79 Å². The van der Waals surface area contributed by atoms with Crippen molar-refractivity contribution < 1.29 is 17.9 Å². The molecule has 2 rings (SSSR count). The number of hydrogen-bond acceptors (Lipinski definition) is 5. The molecule has 0 radical (unpaired) electrons. The molecule has 1 fully saturated rings. The lowest BCUT2D eigenvalue weighted by Crippen LogP contribution is -2.39. The van der Waals surface area contributed by atoms with Crippen LogP contribution in [0, 0.1) is 6.92 Å². The van der Waals surface area contributed by atoms with E-state index in [4.69, 9.17) is 4.74 Å². The minimum absolute atomic E-state index is 0.158. The van der Waals surface area contributed by atoms with Gasteiger partial charge in [0.1, 0.15) is 0 Å². The van der Waals surface area contributed by atoms with E-state index < -0.39 is 9.84 Å². The molecule has 6 heteroatoms. The standard InChI is InChI=1S/C18H27NO4S/c1-3-23-18(20)5-4-12-19-13-10-17(11-14-19)24(21,22)16-8-6-15(2)7-9-16/h6-9,17H,3-5,10-14H2,1-2H3. The summed E-state index contributed by atoms with van der Waals surface area (Å²) >= 11 is 0. The third-order valence-electron chi connectivity index (χ3n) is 4.48. The van der Waals surface area contributed by atoms with Crippen LogP contribution in [0.25, 0.3) is 0 Å². The van der Waals surface area contributed by atoms with Gasteiger partial charge >= 0.3 is 5.97 Å². The summed E-state index contributed by atoms with van der Waals surface area (Å²) in [6.45, 7) is 6.51. The van der Waals surface area contributed by atoms with Gasteiger partial charge in [0.15, 0.2) is 9.84 Å². The number of piperidine rings is 1. The molecule has 1 saturated heterocycles. The van der Waals surface area contributed by atoms with E-state index in [1.54, 1.807) is 19.1 Å². The molecular formula is C18H27NO4S. The van der Waals surface area contributed by atoms with Crippen molar-refractivity contribution in [3.8, 4) is 0 Å². The van der Waals surface area contributed by atoms with Crippen molar-refractivity contribution in [2.45, 2.75) is 49.7 Å². The van der Waals surface area contributed by atoms with E-state index in [2.05, 4.69) is 4.90 Å². The largest absolute Gasteiger partial charge is 0.466 e. The van der Waals surface area contributed by atoms with E-state index in [-0.39, 0.29) is 11.2 Å². The Morgan fingerprint density at radius 1 is 1.21 bits per heavy atom. The highest BCUT2D eigenvalue weighted by Crippen LogP contribution is 2.25. The summed E-state index contributed by atoms with van der Waals surface area (Å²) in [7, 11) is -3.24. The molecule has 0 N–H and O–H groups in total. The molecule has 0 unspecified atom stereocenters. The summed E-state index contributed by atoms with van der Waals surface area (Å²) in [4.78, 5) is 14.0. The van der Waals surface area contributed by atoms with Crippen molar-refractivity contribution in [3.05, 3.63) is 29.8 Å². The third kappa shape index (κ3) is 5.05. The van der Waals surface area contributed by atoms with Crippen LogP contribution in [-0.4, -0.2) is 50.8 Å². The van der Waals surface area contributed by atoms with Crippen LogP contribution < -0.4 is 0 Å². The number of carbonyl (C=O) groups is 1. The van der Waals surface area contributed by atoms with Gasteiger partial charge in [-0.1, -0.05) is 17.7 Å². The number of carbonyl (C=O) groups excluding carboxylic acids is 1. The van der Waals surface area contributed by atoms with Gasteiger partial charge in [-0.2, -0.15) is 0 Å². The molecule has 0 saturated carbocycles. The minimum atomic E-state index is -3.24. The Balaban J connectivity index is 1.81. The topological polar surface area (TPSA) is 63.7 Å². The Labute approximate surface area is 144 Å².